The molecule has 0 saturated heterocycles. The van der Waals surface area contributed by atoms with Crippen LogP contribution in [0.15, 0.2) is 35.4 Å². The fraction of sp³-hybridized carbons (Fsp3) is 0.500. The largest absolute Gasteiger partial charge is 0.396 e. The minimum atomic E-state index is -0.333. The highest BCUT2D eigenvalue weighted by Crippen LogP contribution is 2.29. The van der Waals surface area contributed by atoms with Gasteiger partial charge >= 0.3 is 0 Å². The number of fused-ring (bicyclic) bond motifs is 1. The lowest BCUT2D eigenvalue weighted by Crippen LogP contribution is -2.30. The van der Waals surface area contributed by atoms with Gasteiger partial charge in [0.15, 0.2) is 5.65 Å². The number of carbonyl (C=O) groups is 1. The molecular weight excluding hydrogens is 450 g/mol. The van der Waals surface area contributed by atoms with Crippen LogP contribution >= 0.6 is 0 Å². The number of aromatic nitrogens is 4. The summed E-state index contributed by atoms with van der Waals surface area (Å²) in [4.78, 5) is 30.6. The third kappa shape index (κ3) is 5.30. The van der Waals surface area contributed by atoms with Gasteiger partial charge in [0.25, 0.3) is 11.5 Å². The first-order valence-electron chi connectivity index (χ1n) is 11.9. The summed E-state index contributed by atoms with van der Waals surface area (Å²) >= 11 is 0. The smallest absolute Gasteiger partial charge is 0.274 e. The highest BCUT2D eigenvalue weighted by Gasteiger charge is 2.23. The molecule has 1 aliphatic carbocycles. The molecule has 0 aromatic carbocycles. The van der Waals surface area contributed by atoms with Crippen LogP contribution in [0.5, 0.6) is 0 Å². The van der Waals surface area contributed by atoms with E-state index in [2.05, 4.69) is 26.0 Å². The molecule has 0 aliphatic heterocycles. The van der Waals surface area contributed by atoms with Gasteiger partial charge in [0.1, 0.15) is 22.9 Å². The lowest BCUT2D eigenvalue weighted by Gasteiger charge is -2.29. The van der Waals surface area contributed by atoms with Gasteiger partial charge in [-0.05, 0) is 43.7 Å². The van der Waals surface area contributed by atoms with Gasteiger partial charge < -0.3 is 30.4 Å². The van der Waals surface area contributed by atoms with Gasteiger partial charge in [-0.15, -0.1) is 0 Å². The standard InChI is InChI=1S/C24H33N7O4/c1-15(14-32)12-26-23(33)18-13-27-31-21(25-2)11-20(29-22(18)31)28-19-5-4-10-30(24(19)34)16-6-8-17(35-3)9-7-16/h4-5,10-11,13,15-17,25,32H,6-9,12,14H2,1-3H3,(H,26,33)(H,28,29)/t15-,16-,17-/m0/s1. The van der Waals surface area contributed by atoms with Gasteiger partial charge in [-0.1, -0.05) is 6.92 Å². The molecule has 0 spiro atoms. The van der Waals surface area contributed by atoms with Crippen molar-refractivity contribution in [3.05, 3.63) is 46.5 Å². The molecule has 1 saturated carbocycles. The quantitative estimate of drug-likeness (QED) is 0.364. The summed E-state index contributed by atoms with van der Waals surface area (Å²) in [6.45, 7) is 2.15. The Morgan fingerprint density at radius 1 is 1.31 bits per heavy atom. The van der Waals surface area contributed by atoms with Crippen molar-refractivity contribution in [1.82, 2.24) is 24.5 Å². The topological polar surface area (TPSA) is 135 Å². The molecule has 3 aromatic heterocycles. The van der Waals surface area contributed by atoms with Crippen LogP contribution in [0.4, 0.5) is 17.3 Å². The Morgan fingerprint density at radius 2 is 2.09 bits per heavy atom. The fourth-order valence-corrected chi connectivity index (χ4v) is 4.38. The van der Waals surface area contributed by atoms with E-state index in [1.807, 2.05) is 19.2 Å². The van der Waals surface area contributed by atoms with Gasteiger partial charge in [-0.3, -0.25) is 9.59 Å². The number of ether oxygens (including phenoxy) is 1. The zero-order chi connectivity index (χ0) is 24.9. The van der Waals surface area contributed by atoms with Gasteiger partial charge in [0.2, 0.25) is 0 Å². The van der Waals surface area contributed by atoms with E-state index < -0.39 is 0 Å². The molecular formula is C24H33N7O4. The zero-order valence-corrected chi connectivity index (χ0v) is 20.3. The SMILES string of the molecule is CNc1cc(Nc2cccn([C@H]3CC[C@H](OC)CC3)c2=O)nc2c(C(=O)NC[C@H](C)CO)cnn12. The highest BCUT2D eigenvalue weighted by atomic mass is 16.5. The number of methoxy groups -OCH3 is 1. The molecule has 1 fully saturated rings. The van der Waals surface area contributed by atoms with Crippen LogP contribution in [-0.2, 0) is 4.74 Å². The summed E-state index contributed by atoms with van der Waals surface area (Å²) in [5, 5.41) is 22.5. The summed E-state index contributed by atoms with van der Waals surface area (Å²) in [6.07, 6.45) is 7.17. The molecule has 188 valence electrons. The van der Waals surface area contributed by atoms with E-state index in [0.29, 0.717) is 35.1 Å². The second kappa shape index (κ2) is 10.9. The lowest BCUT2D eigenvalue weighted by molar-refractivity contribution is 0.0580. The van der Waals surface area contributed by atoms with E-state index in [1.165, 1.54) is 10.7 Å². The average molecular weight is 484 g/mol. The molecule has 4 rings (SSSR count). The predicted molar refractivity (Wildman–Crippen MR) is 133 cm³/mol. The summed E-state index contributed by atoms with van der Waals surface area (Å²) in [7, 11) is 3.48. The minimum Gasteiger partial charge on any atom is -0.396 e. The Kier molecular flexibility index (Phi) is 7.67. The van der Waals surface area contributed by atoms with Crippen LogP contribution in [0.25, 0.3) is 5.65 Å². The Labute approximate surface area is 203 Å². The number of rotatable bonds is 9. The first-order valence-corrected chi connectivity index (χ1v) is 11.9. The van der Waals surface area contributed by atoms with Crippen molar-refractivity contribution in [2.75, 3.05) is 37.9 Å². The maximum absolute atomic E-state index is 13.3. The summed E-state index contributed by atoms with van der Waals surface area (Å²) in [5.74, 6) is 0.622. The zero-order valence-electron chi connectivity index (χ0n) is 20.3. The Bertz CT molecular complexity index is 1230. The average Bonchev–Trinajstić information content (AvgIpc) is 3.32. The number of nitrogens with one attached hydrogen (secondary N) is 3. The molecule has 0 radical (unpaired) electrons. The van der Waals surface area contributed by atoms with Crippen molar-refractivity contribution in [1.29, 1.82) is 0 Å². The van der Waals surface area contributed by atoms with Gasteiger partial charge in [0.05, 0.1) is 12.3 Å². The van der Waals surface area contributed by atoms with Gasteiger partial charge in [0, 0.05) is 45.6 Å². The molecule has 1 amide bonds. The number of pyridine rings is 1. The van der Waals surface area contributed by atoms with Crippen LogP contribution < -0.4 is 21.5 Å². The minimum absolute atomic E-state index is 0.0202. The Balaban J connectivity index is 1.61. The van der Waals surface area contributed by atoms with Crippen molar-refractivity contribution in [2.45, 2.75) is 44.8 Å². The molecule has 35 heavy (non-hydrogen) atoms. The first kappa shape index (κ1) is 24.7. The summed E-state index contributed by atoms with van der Waals surface area (Å²) in [5.41, 5.74) is 0.936. The Morgan fingerprint density at radius 3 is 2.77 bits per heavy atom. The summed E-state index contributed by atoms with van der Waals surface area (Å²) < 4.78 is 8.78. The number of carbonyl (C=O) groups excluding carboxylic acids is 1. The molecule has 1 aliphatic rings. The van der Waals surface area contributed by atoms with Crippen molar-refractivity contribution in [3.8, 4) is 0 Å². The second-order valence-electron chi connectivity index (χ2n) is 8.99. The van der Waals surface area contributed by atoms with Crippen LogP contribution in [0.2, 0.25) is 0 Å². The monoisotopic (exact) mass is 483 g/mol. The first-order chi connectivity index (χ1) is 16.9. The number of hydrogen-bond acceptors (Lipinski definition) is 8. The van der Waals surface area contributed by atoms with Crippen molar-refractivity contribution in [2.24, 2.45) is 5.92 Å². The number of hydrogen-bond donors (Lipinski definition) is 4. The van der Waals surface area contributed by atoms with Gasteiger partial charge in [-0.2, -0.15) is 9.61 Å². The van der Waals surface area contributed by atoms with Crippen LogP contribution in [0, 0.1) is 5.92 Å². The van der Waals surface area contributed by atoms with Crippen molar-refractivity contribution >= 4 is 28.9 Å². The van der Waals surface area contributed by atoms with E-state index in [9.17, 15) is 14.7 Å². The molecule has 3 aromatic rings. The molecule has 11 nitrogen and oxygen atoms in total. The molecule has 3 heterocycles. The van der Waals surface area contributed by atoms with Crippen molar-refractivity contribution in [3.63, 3.8) is 0 Å². The molecule has 0 bridgehead atoms. The maximum atomic E-state index is 13.3. The predicted octanol–water partition coefficient (Wildman–Crippen LogP) is 2.16. The molecule has 4 N–H and O–H groups in total. The van der Waals surface area contributed by atoms with Crippen LogP contribution in [0.1, 0.15) is 49.0 Å². The van der Waals surface area contributed by atoms with E-state index in [-0.39, 0.29) is 36.1 Å². The third-order valence-electron chi connectivity index (χ3n) is 6.50. The van der Waals surface area contributed by atoms with Crippen LogP contribution in [0.3, 0.4) is 0 Å². The highest BCUT2D eigenvalue weighted by molar-refractivity contribution is 6.00. The van der Waals surface area contributed by atoms with E-state index >= 15 is 0 Å². The van der Waals surface area contributed by atoms with Crippen molar-refractivity contribution < 1.29 is 14.6 Å². The van der Waals surface area contributed by atoms with Gasteiger partial charge in [-0.25, -0.2) is 4.98 Å². The molecule has 0 unspecified atom stereocenters. The van der Waals surface area contributed by atoms with E-state index in [0.717, 1.165) is 25.7 Å². The van der Waals surface area contributed by atoms with E-state index in [4.69, 9.17) is 4.74 Å². The van der Waals surface area contributed by atoms with E-state index in [1.54, 1.807) is 30.9 Å². The Hall–Kier alpha value is -3.44. The fourth-order valence-electron chi connectivity index (χ4n) is 4.38. The molecule has 11 heteroatoms. The number of anilines is 3. The normalized spacial score (nSPS) is 18.9. The maximum Gasteiger partial charge on any atom is 0.274 e. The number of amides is 1. The van der Waals surface area contributed by atoms with Crippen LogP contribution in [-0.4, -0.2) is 63.6 Å². The molecule has 1 atom stereocenters. The number of nitrogens with zero attached hydrogens (tertiary/aromatic N) is 4. The lowest BCUT2D eigenvalue weighted by atomic mass is 9.92. The number of aliphatic hydroxyl groups excluding tert-OH is 1. The summed E-state index contributed by atoms with van der Waals surface area (Å²) in [6, 6.07) is 5.44. The third-order valence-corrected chi connectivity index (χ3v) is 6.50. The number of aliphatic hydroxyl groups is 1. The second-order valence-corrected chi connectivity index (χ2v) is 8.99.